The summed E-state index contributed by atoms with van der Waals surface area (Å²) in [6.45, 7) is 3.90. The summed E-state index contributed by atoms with van der Waals surface area (Å²) in [7, 11) is 0. The van der Waals surface area contributed by atoms with Gasteiger partial charge in [0.2, 0.25) is 0 Å². The molecule has 1 aliphatic heterocycles. The van der Waals surface area contributed by atoms with E-state index in [0.717, 1.165) is 30.4 Å². The SMILES string of the molecule is CCC1CCN(C(=O)c2cc(Cl)ccc2Br)C1. The molecule has 0 aliphatic carbocycles. The van der Waals surface area contributed by atoms with Crippen molar-refractivity contribution in [2.24, 2.45) is 5.92 Å². The van der Waals surface area contributed by atoms with E-state index in [2.05, 4.69) is 22.9 Å². The highest BCUT2D eigenvalue weighted by molar-refractivity contribution is 9.10. The van der Waals surface area contributed by atoms with Gasteiger partial charge in [0.25, 0.3) is 5.91 Å². The molecule has 1 fully saturated rings. The maximum absolute atomic E-state index is 12.3. The Bertz CT molecular complexity index is 435. The monoisotopic (exact) mass is 315 g/mol. The molecule has 1 aliphatic rings. The van der Waals surface area contributed by atoms with Gasteiger partial charge in [-0.05, 0) is 46.5 Å². The molecule has 1 amide bonds. The van der Waals surface area contributed by atoms with Gasteiger partial charge in [-0.25, -0.2) is 0 Å². The van der Waals surface area contributed by atoms with Crippen LogP contribution in [0.2, 0.25) is 5.02 Å². The van der Waals surface area contributed by atoms with Gasteiger partial charge in [0.05, 0.1) is 5.56 Å². The fourth-order valence-corrected chi connectivity index (χ4v) is 2.77. The molecule has 2 rings (SSSR count). The molecule has 17 heavy (non-hydrogen) atoms. The zero-order valence-electron chi connectivity index (χ0n) is 9.75. The highest BCUT2D eigenvalue weighted by atomic mass is 79.9. The Labute approximate surface area is 115 Å². The number of rotatable bonds is 2. The Morgan fingerprint density at radius 2 is 2.35 bits per heavy atom. The zero-order valence-corrected chi connectivity index (χ0v) is 12.1. The van der Waals surface area contributed by atoms with Crippen LogP contribution in [0.25, 0.3) is 0 Å². The van der Waals surface area contributed by atoms with E-state index in [1.54, 1.807) is 12.1 Å². The van der Waals surface area contributed by atoms with Crippen molar-refractivity contribution in [1.82, 2.24) is 4.90 Å². The molecule has 0 saturated carbocycles. The molecule has 0 N–H and O–H groups in total. The number of halogens is 2. The van der Waals surface area contributed by atoms with Gasteiger partial charge in [-0.15, -0.1) is 0 Å². The molecular weight excluding hydrogens is 302 g/mol. The first-order valence-corrected chi connectivity index (χ1v) is 7.03. The molecule has 1 atom stereocenters. The lowest BCUT2D eigenvalue weighted by molar-refractivity contribution is 0.0786. The van der Waals surface area contributed by atoms with Gasteiger partial charge in [-0.1, -0.05) is 24.9 Å². The summed E-state index contributed by atoms with van der Waals surface area (Å²) in [5.74, 6) is 0.729. The minimum atomic E-state index is 0.0790. The lowest BCUT2D eigenvalue weighted by Gasteiger charge is -2.17. The Kier molecular flexibility index (Phi) is 4.10. The van der Waals surface area contributed by atoms with Crippen molar-refractivity contribution >= 4 is 33.4 Å². The number of nitrogens with zero attached hydrogens (tertiary/aromatic N) is 1. The second kappa shape index (κ2) is 5.40. The van der Waals surface area contributed by atoms with E-state index in [1.807, 2.05) is 11.0 Å². The quantitative estimate of drug-likeness (QED) is 0.808. The van der Waals surface area contributed by atoms with Crippen molar-refractivity contribution in [3.63, 3.8) is 0 Å². The lowest BCUT2D eigenvalue weighted by atomic mass is 10.1. The maximum Gasteiger partial charge on any atom is 0.255 e. The first-order valence-electron chi connectivity index (χ1n) is 5.86. The van der Waals surface area contributed by atoms with Gasteiger partial charge in [-0.3, -0.25) is 4.79 Å². The van der Waals surface area contributed by atoms with Gasteiger partial charge in [0.15, 0.2) is 0 Å². The smallest absolute Gasteiger partial charge is 0.255 e. The molecule has 0 bridgehead atoms. The summed E-state index contributed by atoms with van der Waals surface area (Å²) in [5, 5.41) is 0.600. The van der Waals surface area contributed by atoms with Gasteiger partial charge < -0.3 is 4.90 Å². The second-order valence-corrected chi connectivity index (χ2v) is 5.73. The van der Waals surface area contributed by atoms with Crippen LogP contribution in [0.4, 0.5) is 0 Å². The van der Waals surface area contributed by atoms with Crippen LogP contribution in [-0.4, -0.2) is 23.9 Å². The number of benzene rings is 1. The van der Waals surface area contributed by atoms with Crippen molar-refractivity contribution in [1.29, 1.82) is 0 Å². The number of hydrogen-bond donors (Lipinski definition) is 0. The fraction of sp³-hybridized carbons (Fsp3) is 0.462. The van der Waals surface area contributed by atoms with Gasteiger partial charge in [0, 0.05) is 22.6 Å². The van der Waals surface area contributed by atoms with Crippen LogP contribution >= 0.6 is 27.5 Å². The van der Waals surface area contributed by atoms with Gasteiger partial charge >= 0.3 is 0 Å². The highest BCUT2D eigenvalue weighted by Crippen LogP contribution is 2.26. The standard InChI is InChI=1S/C13H15BrClNO/c1-2-9-5-6-16(8-9)13(17)11-7-10(15)3-4-12(11)14/h3-4,7,9H,2,5-6,8H2,1H3. The van der Waals surface area contributed by atoms with Gasteiger partial charge in [0.1, 0.15) is 0 Å². The second-order valence-electron chi connectivity index (χ2n) is 4.44. The Balaban J connectivity index is 2.17. The minimum absolute atomic E-state index is 0.0790. The van der Waals surface area contributed by atoms with E-state index < -0.39 is 0 Å². The Morgan fingerprint density at radius 1 is 1.59 bits per heavy atom. The molecular formula is C13H15BrClNO. The topological polar surface area (TPSA) is 20.3 Å². The Hall–Kier alpha value is -0.540. The first-order chi connectivity index (χ1) is 8.11. The molecule has 1 heterocycles. The summed E-state index contributed by atoms with van der Waals surface area (Å²) < 4.78 is 0.812. The number of likely N-dealkylation sites (tertiary alicyclic amines) is 1. The predicted octanol–water partition coefficient (Wildman–Crippen LogP) is 3.97. The number of amides is 1. The third kappa shape index (κ3) is 2.83. The van der Waals surface area contributed by atoms with Crippen LogP contribution in [-0.2, 0) is 0 Å². The van der Waals surface area contributed by atoms with Crippen LogP contribution in [0, 0.1) is 5.92 Å². The molecule has 1 saturated heterocycles. The largest absolute Gasteiger partial charge is 0.338 e. The average molecular weight is 317 g/mol. The molecule has 0 spiro atoms. The summed E-state index contributed by atoms with van der Waals surface area (Å²) >= 11 is 9.34. The van der Waals surface area contributed by atoms with Crippen LogP contribution in [0.1, 0.15) is 30.1 Å². The molecule has 2 nitrogen and oxygen atoms in total. The molecule has 1 aromatic carbocycles. The highest BCUT2D eigenvalue weighted by Gasteiger charge is 2.26. The van der Waals surface area contributed by atoms with Crippen molar-refractivity contribution in [2.45, 2.75) is 19.8 Å². The number of carbonyl (C=O) groups is 1. The first kappa shape index (κ1) is 12.9. The molecule has 1 unspecified atom stereocenters. The summed E-state index contributed by atoms with van der Waals surface area (Å²) in [6.07, 6.45) is 2.25. The van der Waals surface area contributed by atoms with Crippen molar-refractivity contribution in [2.75, 3.05) is 13.1 Å². The number of carbonyl (C=O) groups excluding carboxylic acids is 1. The summed E-state index contributed by atoms with van der Waals surface area (Å²) in [4.78, 5) is 14.2. The van der Waals surface area contributed by atoms with Crippen molar-refractivity contribution in [3.05, 3.63) is 33.3 Å². The van der Waals surface area contributed by atoms with Crippen molar-refractivity contribution in [3.8, 4) is 0 Å². The predicted molar refractivity (Wildman–Crippen MR) is 73.5 cm³/mol. The molecule has 92 valence electrons. The van der Waals surface area contributed by atoms with E-state index >= 15 is 0 Å². The van der Waals surface area contributed by atoms with Crippen LogP contribution in [0.15, 0.2) is 22.7 Å². The van der Waals surface area contributed by atoms with E-state index in [0.29, 0.717) is 16.5 Å². The summed E-state index contributed by atoms with van der Waals surface area (Å²) in [5.41, 5.74) is 0.661. The fourth-order valence-electron chi connectivity index (χ4n) is 2.18. The third-order valence-electron chi connectivity index (χ3n) is 3.31. The van der Waals surface area contributed by atoms with E-state index in [4.69, 9.17) is 11.6 Å². The third-order valence-corrected chi connectivity index (χ3v) is 4.24. The maximum atomic E-state index is 12.3. The molecule has 1 aromatic rings. The van der Waals surface area contributed by atoms with E-state index in [9.17, 15) is 4.79 Å². The summed E-state index contributed by atoms with van der Waals surface area (Å²) in [6, 6.07) is 5.33. The normalized spacial score (nSPS) is 19.7. The lowest BCUT2D eigenvalue weighted by Crippen LogP contribution is -2.28. The average Bonchev–Trinajstić information content (AvgIpc) is 2.80. The minimum Gasteiger partial charge on any atom is -0.338 e. The van der Waals surface area contributed by atoms with Crippen LogP contribution < -0.4 is 0 Å². The van der Waals surface area contributed by atoms with Gasteiger partial charge in [-0.2, -0.15) is 0 Å². The van der Waals surface area contributed by atoms with E-state index in [-0.39, 0.29) is 5.91 Å². The van der Waals surface area contributed by atoms with Crippen LogP contribution in [0.5, 0.6) is 0 Å². The molecule has 0 radical (unpaired) electrons. The van der Waals surface area contributed by atoms with E-state index in [1.165, 1.54) is 0 Å². The molecule has 0 aromatic heterocycles. The zero-order chi connectivity index (χ0) is 12.4. The molecule has 4 heteroatoms. The number of hydrogen-bond acceptors (Lipinski definition) is 1. The van der Waals surface area contributed by atoms with Crippen LogP contribution in [0.3, 0.4) is 0 Å². The van der Waals surface area contributed by atoms with Crippen molar-refractivity contribution < 1.29 is 4.79 Å². The Morgan fingerprint density at radius 3 is 3.00 bits per heavy atom.